The number of aromatic nitrogens is 3. The molecule has 0 bridgehead atoms. The van der Waals surface area contributed by atoms with Gasteiger partial charge in [-0.2, -0.15) is 0 Å². The van der Waals surface area contributed by atoms with Crippen molar-refractivity contribution < 1.29 is 17.6 Å². The van der Waals surface area contributed by atoms with E-state index in [1.807, 2.05) is 42.5 Å². The Morgan fingerprint density at radius 2 is 1.86 bits per heavy atom. The number of sulfonamides is 1. The van der Waals surface area contributed by atoms with Gasteiger partial charge >= 0.3 is 0 Å². The molecule has 1 unspecified atom stereocenters. The van der Waals surface area contributed by atoms with Gasteiger partial charge < -0.3 is 9.73 Å². The van der Waals surface area contributed by atoms with Gasteiger partial charge in [-0.15, -0.1) is 10.2 Å². The van der Waals surface area contributed by atoms with Gasteiger partial charge in [0, 0.05) is 11.1 Å². The molecule has 11 heteroatoms. The van der Waals surface area contributed by atoms with Gasteiger partial charge in [-0.25, -0.2) is 13.1 Å². The smallest absolute Gasteiger partial charge is 0.240 e. The zero-order valence-electron chi connectivity index (χ0n) is 20.2. The Morgan fingerprint density at radius 1 is 1.08 bits per heavy atom. The molecule has 0 aliphatic rings. The number of nitrogens with zero attached hydrogens (tertiary/aromatic N) is 3. The molecule has 2 N–H and O–H groups in total. The minimum atomic E-state index is -3.72. The number of carbonyl (C=O) groups is 1. The fraction of sp³-hybridized carbons (Fsp3) is 0.192. The second-order valence-corrected chi connectivity index (χ2v) is 11.4. The summed E-state index contributed by atoms with van der Waals surface area (Å²) in [7, 11) is -3.72. The third-order valence-electron chi connectivity index (χ3n) is 5.93. The summed E-state index contributed by atoms with van der Waals surface area (Å²) in [4.78, 5) is 13.2. The number of amides is 1. The number of furan rings is 1. The van der Waals surface area contributed by atoms with E-state index in [-0.39, 0.29) is 17.3 Å². The molecular weight excluding hydrogens is 510 g/mol. The number of hydrogen-bond acceptors (Lipinski definition) is 7. The van der Waals surface area contributed by atoms with E-state index in [0.29, 0.717) is 23.0 Å². The maximum absolute atomic E-state index is 13.1. The van der Waals surface area contributed by atoms with Crippen LogP contribution in [0.25, 0.3) is 16.6 Å². The fourth-order valence-electron chi connectivity index (χ4n) is 4.00. The van der Waals surface area contributed by atoms with Crippen molar-refractivity contribution in [3.63, 3.8) is 0 Å². The Balaban J connectivity index is 1.30. The van der Waals surface area contributed by atoms with Crippen LogP contribution in [0.15, 0.2) is 87.5 Å². The number of rotatable bonds is 9. The molecule has 1 amide bonds. The molecule has 3 aromatic heterocycles. The summed E-state index contributed by atoms with van der Waals surface area (Å²) in [6, 6.07) is 19.4. The van der Waals surface area contributed by atoms with E-state index in [1.165, 1.54) is 30.2 Å². The normalized spacial score (nSPS) is 12.7. The summed E-state index contributed by atoms with van der Waals surface area (Å²) in [5.74, 6) is 0.311. The van der Waals surface area contributed by atoms with Gasteiger partial charge in [-0.1, -0.05) is 36.9 Å². The maximum Gasteiger partial charge on any atom is 0.240 e. The molecule has 1 atom stereocenters. The zero-order chi connectivity index (χ0) is 26.0. The first kappa shape index (κ1) is 25.0. The molecule has 0 spiro atoms. The standard InChI is InChI=1S/C26H25N5O4S2/c1-3-23(36-26-30-29-24-15-17(2)21-8-4-5-9-22(21)31(24)26)25(32)28-18-10-12-20(13-11-18)37(33,34)27-16-19-7-6-14-35-19/h4-15,23,27H,3,16H2,1-2H3,(H,28,32). The number of fused-ring (bicyclic) bond motifs is 3. The van der Waals surface area contributed by atoms with Crippen LogP contribution in [0.5, 0.6) is 0 Å². The largest absolute Gasteiger partial charge is 0.468 e. The molecule has 0 aliphatic heterocycles. The highest BCUT2D eigenvalue weighted by molar-refractivity contribution is 8.00. The number of nitrogens with one attached hydrogen (secondary N) is 2. The minimum Gasteiger partial charge on any atom is -0.468 e. The maximum atomic E-state index is 13.1. The predicted octanol–water partition coefficient (Wildman–Crippen LogP) is 4.77. The van der Waals surface area contributed by atoms with Crippen LogP contribution >= 0.6 is 11.8 Å². The van der Waals surface area contributed by atoms with Crippen LogP contribution in [0.1, 0.15) is 24.7 Å². The summed E-state index contributed by atoms with van der Waals surface area (Å²) in [5, 5.41) is 12.9. The van der Waals surface area contributed by atoms with Gasteiger partial charge in [0.15, 0.2) is 10.8 Å². The molecule has 3 heterocycles. The highest BCUT2D eigenvalue weighted by Crippen LogP contribution is 2.30. The van der Waals surface area contributed by atoms with Crippen LogP contribution in [0.2, 0.25) is 0 Å². The number of anilines is 1. The molecule has 5 aromatic rings. The molecule has 0 aliphatic carbocycles. The average Bonchev–Trinajstić information content (AvgIpc) is 3.57. The number of thioether (sulfide) groups is 1. The van der Waals surface area contributed by atoms with E-state index in [9.17, 15) is 13.2 Å². The summed E-state index contributed by atoms with van der Waals surface area (Å²) >= 11 is 1.35. The van der Waals surface area contributed by atoms with Crippen LogP contribution in [0.4, 0.5) is 5.69 Å². The predicted molar refractivity (Wildman–Crippen MR) is 143 cm³/mol. The van der Waals surface area contributed by atoms with Crippen molar-refractivity contribution in [1.82, 2.24) is 19.3 Å². The molecule has 9 nitrogen and oxygen atoms in total. The Kier molecular flexibility index (Phi) is 7.00. The van der Waals surface area contributed by atoms with Gasteiger partial charge in [0.2, 0.25) is 15.9 Å². The first-order valence-electron chi connectivity index (χ1n) is 11.7. The first-order valence-corrected chi connectivity index (χ1v) is 14.0. The Morgan fingerprint density at radius 3 is 2.59 bits per heavy atom. The van der Waals surface area contributed by atoms with Gasteiger partial charge in [0.05, 0.1) is 28.5 Å². The Labute approximate surface area is 218 Å². The number of pyridine rings is 1. The number of carbonyl (C=O) groups excluding carboxylic acids is 1. The van der Waals surface area contributed by atoms with Crippen LogP contribution in [-0.4, -0.2) is 34.2 Å². The van der Waals surface area contributed by atoms with Gasteiger partial charge in [0.1, 0.15) is 5.76 Å². The fourth-order valence-corrected chi connectivity index (χ4v) is 5.97. The number of aryl methyl sites for hydroxylation is 1. The lowest BCUT2D eigenvalue weighted by molar-refractivity contribution is -0.115. The number of hydrogen-bond donors (Lipinski definition) is 2. The van der Waals surface area contributed by atoms with Crippen molar-refractivity contribution in [3.05, 3.63) is 84.3 Å². The van der Waals surface area contributed by atoms with E-state index < -0.39 is 15.3 Å². The van der Waals surface area contributed by atoms with Crippen molar-refractivity contribution in [2.45, 2.75) is 42.1 Å². The van der Waals surface area contributed by atoms with E-state index in [1.54, 1.807) is 24.3 Å². The van der Waals surface area contributed by atoms with Crippen LogP contribution in [0, 0.1) is 6.92 Å². The minimum absolute atomic E-state index is 0.0510. The van der Waals surface area contributed by atoms with E-state index in [2.05, 4.69) is 26.3 Å². The van der Waals surface area contributed by atoms with Gasteiger partial charge in [-0.05, 0) is 67.4 Å². The highest BCUT2D eigenvalue weighted by Gasteiger charge is 2.22. The molecular formula is C26H25N5O4S2. The summed E-state index contributed by atoms with van der Waals surface area (Å²) in [6.07, 6.45) is 2.05. The topological polar surface area (TPSA) is 119 Å². The van der Waals surface area contributed by atoms with Crippen LogP contribution in [0.3, 0.4) is 0 Å². The Hall–Kier alpha value is -3.67. The third kappa shape index (κ3) is 5.24. The zero-order valence-corrected chi connectivity index (χ0v) is 21.8. The number of para-hydroxylation sites is 1. The molecule has 2 aromatic carbocycles. The molecule has 0 saturated heterocycles. The van der Waals surface area contributed by atoms with Crippen LogP contribution < -0.4 is 10.0 Å². The SMILES string of the molecule is CCC(Sc1nnc2cc(C)c3ccccc3n12)C(=O)Nc1ccc(S(=O)(=O)NCc2ccco2)cc1. The molecule has 37 heavy (non-hydrogen) atoms. The second kappa shape index (κ2) is 10.4. The molecule has 0 fully saturated rings. The van der Waals surface area contributed by atoms with Gasteiger partial charge in [0.25, 0.3) is 0 Å². The monoisotopic (exact) mass is 535 g/mol. The number of benzene rings is 2. The average molecular weight is 536 g/mol. The summed E-state index contributed by atoms with van der Waals surface area (Å²) in [5.41, 5.74) is 3.32. The molecule has 0 saturated carbocycles. The van der Waals surface area contributed by atoms with Crippen molar-refractivity contribution in [2.24, 2.45) is 0 Å². The first-order chi connectivity index (χ1) is 17.9. The third-order valence-corrected chi connectivity index (χ3v) is 8.66. The van der Waals surface area contributed by atoms with Crippen molar-refractivity contribution in [1.29, 1.82) is 0 Å². The van der Waals surface area contributed by atoms with Crippen molar-refractivity contribution in [3.8, 4) is 0 Å². The molecule has 0 radical (unpaired) electrons. The van der Waals surface area contributed by atoms with E-state index >= 15 is 0 Å². The lowest BCUT2D eigenvalue weighted by atomic mass is 10.1. The second-order valence-electron chi connectivity index (χ2n) is 8.45. The summed E-state index contributed by atoms with van der Waals surface area (Å²) < 4.78 is 34.7. The van der Waals surface area contributed by atoms with E-state index in [4.69, 9.17) is 4.42 Å². The highest BCUT2D eigenvalue weighted by atomic mass is 32.2. The quantitative estimate of drug-likeness (QED) is 0.261. The summed E-state index contributed by atoms with van der Waals surface area (Å²) in [6.45, 7) is 4.02. The molecule has 190 valence electrons. The molecule has 5 rings (SSSR count). The van der Waals surface area contributed by atoms with Gasteiger partial charge in [-0.3, -0.25) is 9.20 Å². The Bertz CT molecular complexity index is 1660. The van der Waals surface area contributed by atoms with E-state index in [0.717, 1.165) is 22.1 Å². The van der Waals surface area contributed by atoms with Crippen LogP contribution in [-0.2, 0) is 21.4 Å². The van der Waals surface area contributed by atoms with Crippen molar-refractivity contribution in [2.75, 3.05) is 5.32 Å². The lowest BCUT2D eigenvalue weighted by Gasteiger charge is -2.15. The lowest BCUT2D eigenvalue weighted by Crippen LogP contribution is -2.25. The van der Waals surface area contributed by atoms with Crippen molar-refractivity contribution >= 4 is 49.9 Å².